The van der Waals surface area contributed by atoms with Gasteiger partial charge in [-0.25, -0.2) is 0 Å². The highest BCUT2D eigenvalue weighted by atomic mass is 16.5. The monoisotopic (exact) mass is 338 g/mol. The third kappa shape index (κ3) is 4.18. The zero-order chi connectivity index (χ0) is 17.6. The van der Waals surface area contributed by atoms with E-state index >= 15 is 0 Å². The minimum Gasteiger partial charge on any atom is -0.492 e. The van der Waals surface area contributed by atoms with Gasteiger partial charge in [0.1, 0.15) is 12.4 Å². The van der Waals surface area contributed by atoms with Gasteiger partial charge in [-0.05, 0) is 42.8 Å². The number of carbonyl (C=O) groups excluding carboxylic acids is 2. The Labute approximate surface area is 147 Å². The molecule has 2 amide bonds. The van der Waals surface area contributed by atoms with Gasteiger partial charge < -0.3 is 14.5 Å². The van der Waals surface area contributed by atoms with E-state index in [1.807, 2.05) is 42.5 Å². The van der Waals surface area contributed by atoms with Crippen molar-refractivity contribution < 1.29 is 14.3 Å². The lowest BCUT2D eigenvalue weighted by Crippen LogP contribution is -2.31. The maximum atomic E-state index is 12.5. The minimum absolute atomic E-state index is 0.0593. The maximum absolute atomic E-state index is 12.5. The first kappa shape index (κ1) is 17.0. The summed E-state index contributed by atoms with van der Waals surface area (Å²) in [5, 5.41) is 0. The van der Waals surface area contributed by atoms with Crippen LogP contribution in [0.2, 0.25) is 0 Å². The Morgan fingerprint density at radius 3 is 2.48 bits per heavy atom. The molecule has 25 heavy (non-hydrogen) atoms. The molecule has 0 radical (unpaired) electrons. The second-order valence-electron chi connectivity index (χ2n) is 6.08. The van der Waals surface area contributed by atoms with Crippen LogP contribution < -0.4 is 9.64 Å². The molecule has 0 N–H and O–H groups in total. The highest BCUT2D eigenvalue weighted by molar-refractivity contribution is 5.97. The van der Waals surface area contributed by atoms with Crippen molar-refractivity contribution in [2.75, 3.05) is 31.6 Å². The molecule has 0 atom stereocenters. The Morgan fingerprint density at radius 2 is 1.84 bits per heavy atom. The second kappa shape index (κ2) is 7.83. The summed E-state index contributed by atoms with van der Waals surface area (Å²) in [5.41, 5.74) is 1.46. The largest absolute Gasteiger partial charge is 0.492 e. The molecule has 0 bridgehead atoms. The Morgan fingerprint density at radius 1 is 1.12 bits per heavy atom. The zero-order valence-electron chi connectivity index (χ0n) is 14.4. The van der Waals surface area contributed by atoms with Crippen molar-refractivity contribution in [2.45, 2.75) is 12.8 Å². The van der Waals surface area contributed by atoms with E-state index in [2.05, 4.69) is 0 Å². The lowest BCUT2D eigenvalue weighted by Gasteiger charge is -2.19. The number of hydrogen-bond acceptors (Lipinski definition) is 3. The van der Waals surface area contributed by atoms with Crippen molar-refractivity contribution >= 4 is 17.5 Å². The summed E-state index contributed by atoms with van der Waals surface area (Å²) in [6, 6.07) is 16.8. The van der Waals surface area contributed by atoms with E-state index in [0.717, 1.165) is 24.4 Å². The number of carbonyl (C=O) groups is 2. The van der Waals surface area contributed by atoms with Gasteiger partial charge in [0.05, 0.1) is 6.54 Å². The Hall–Kier alpha value is -2.82. The van der Waals surface area contributed by atoms with Crippen LogP contribution in [-0.4, -0.2) is 43.5 Å². The zero-order valence-corrected chi connectivity index (χ0v) is 14.4. The molecule has 0 spiro atoms. The molecule has 0 aliphatic carbocycles. The van der Waals surface area contributed by atoms with Crippen molar-refractivity contribution in [3.63, 3.8) is 0 Å². The van der Waals surface area contributed by atoms with Gasteiger partial charge in [0, 0.05) is 31.3 Å². The van der Waals surface area contributed by atoms with Crippen molar-refractivity contribution in [2.24, 2.45) is 0 Å². The lowest BCUT2D eigenvalue weighted by atomic mass is 10.1. The Bertz CT molecular complexity index is 728. The first-order valence-electron chi connectivity index (χ1n) is 8.49. The number of nitrogens with zero attached hydrogens (tertiary/aromatic N) is 2. The van der Waals surface area contributed by atoms with Crippen molar-refractivity contribution in [1.29, 1.82) is 0 Å². The molecular formula is C20H22N2O3. The van der Waals surface area contributed by atoms with Gasteiger partial charge in [0.15, 0.2) is 0 Å². The van der Waals surface area contributed by atoms with Gasteiger partial charge in [-0.1, -0.05) is 18.2 Å². The van der Waals surface area contributed by atoms with E-state index in [9.17, 15) is 9.59 Å². The molecule has 130 valence electrons. The van der Waals surface area contributed by atoms with E-state index in [1.54, 1.807) is 29.0 Å². The van der Waals surface area contributed by atoms with Crippen LogP contribution in [0.15, 0.2) is 54.6 Å². The molecule has 5 heteroatoms. The molecule has 2 aromatic rings. The average molecular weight is 338 g/mol. The summed E-state index contributed by atoms with van der Waals surface area (Å²) in [7, 11) is 1.76. The van der Waals surface area contributed by atoms with Crippen LogP contribution in [0.5, 0.6) is 5.75 Å². The summed E-state index contributed by atoms with van der Waals surface area (Å²) in [6.07, 6.45) is 1.49. The Balaban J connectivity index is 1.54. The van der Waals surface area contributed by atoms with Gasteiger partial charge in [0.25, 0.3) is 5.91 Å². The van der Waals surface area contributed by atoms with Crippen LogP contribution in [0, 0.1) is 0 Å². The fourth-order valence-corrected chi connectivity index (χ4v) is 2.84. The smallest absolute Gasteiger partial charge is 0.253 e. The predicted octanol–water partition coefficient (Wildman–Crippen LogP) is 2.96. The number of hydrogen-bond donors (Lipinski definition) is 0. The molecule has 0 unspecified atom stereocenters. The van der Waals surface area contributed by atoms with Crippen molar-refractivity contribution in [3.05, 3.63) is 60.2 Å². The summed E-state index contributed by atoms with van der Waals surface area (Å²) in [5.74, 6) is 0.883. The molecule has 1 saturated heterocycles. The molecular weight excluding hydrogens is 316 g/mol. The van der Waals surface area contributed by atoms with Crippen LogP contribution in [0.4, 0.5) is 5.69 Å². The van der Waals surface area contributed by atoms with E-state index in [0.29, 0.717) is 25.1 Å². The standard InChI is InChI=1S/C20H22N2O3/c1-21(14-15-25-18-6-3-2-4-7-18)20(24)16-9-11-17(12-10-16)22-13-5-8-19(22)23/h2-4,6-7,9-12H,5,8,13-15H2,1H3. The van der Waals surface area contributed by atoms with Gasteiger partial charge in [-0.15, -0.1) is 0 Å². The number of benzene rings is 2. The molecule has 1 aliphatic rings. The first-order valence-corrected chi connectivity index (χ1v) is 8.49. The maximum Gasteiger partial charge on any atom is 0.253 e. The number of rotatable bonds is 6. The fraction of sp³-hybridized carbons (Fsp3) is 0.300. The summed E-state index contributed by atoms with van der Waals surface area (Å²) in [6.45, 7) is 1.69. The van der Waals surface area contributed by atoms with Crippen LogP contribution in [0.3, 0.4) is 0 Å². The molecule has 0 aromatic heterocycles. The molecule has 1 aliphatic heterocycles. The number of amides is 2. The fourth-order valence-electron chi connectivity index (χ4n) is 2.84. The number of anilines is 1. The van der Waals surface area contributed by atoms with Crippen LogP contribution in [0.1, 0.15) is 23.2 Å². The highest BCUT2D eigenvalue weighted by Crippen LogP contribution is 2.22. The van der Waals surface area contributed by atoms with Gasteiger partial charge in [0.2, 0.25) is 5.91 Å². The second-order valence-corrected chi connectivity index (χ2v) is 6.08. The van der Waals surface area contributed by atoms with Gasteiger partial charge in [-0.2, -0.15) is 0 Å². The number of ether oxygens (including phenoxy) is 1. The highest BCUT2D eigenvalue weighted by Gasteiger charge is 2.22. The first-order chi connectivity index (χ1) is 12.1. The van der Waals surface area contributed by atoms with E-state index in [4.69, 9.17) is 4.74 Å². The molecule has 3 rings (SSSR count). The minimum atomic E-state index is -0.0593. The van der Waals surface area contributed by atoms with Gasteiger partial charge in [-0.3, -0.25) is 9.59 Å². The van der Waals surface area contributed by atoms with E-state index in [1.165, 1.54) is 0 Å². The third-order valence-corrected chi connectivity index (χ3v) is 4.28. The number of likely N-dealkylation sites (N-methyl/N-ethyl adjacent to an activating group) is 1. The summed E-state index contributed by atoms with van der Waals surface area (Å²) >= 11 is 0. The molecule has 1 heterocycles. The molecule has 0 saturated carbocycles. The summed E-state index contributed by atoms with van der Waals surface area (Å²) in [4.78, 5) is 27.7. The Kier molecular flexibility index (Phi) is 5.33. The third-order valence-electron chi connectivity index (χ3n) is 4.28. The van der Waals surface area contributed by atoms with Crippen LogP contribution in [-0.2, 0) is 4.79 Å². The van der Waals surface area contributed by atoms with E-state index in [-0.39, 0.29) is 11.8 Å². The molecule has 1 fully saturated rings. The van der Waals surface area contributed by atoms with Crippen LogP contribution in [0.25, 0.3) is 0 Å². The predicted molar refractivity (Wildman–Crippen MR) is 96.9 cm³/mol. The van der Waals surface area contributed by atoms with Crippen molar-refractivity contribution in [3.8, 4) is 5.75 Å². The van der Waals surface area contributed by atoms with Gasteiger partial charge >= 0.3 is 0 Å². The normalized spacial score (nSPS) is 13.8. The SMILES string of the molecule is CN(CCOc1ccccc1)C(=O)c1ccc(N2CCCC2=O)cc1. The molecule has 2 aromatic carbocycles. The number of para-hydroxylation sites is 1. The van der Waals surface area contributed by atoms with E-state index < -0.39 is 0 Å². The quantitative estimate of drug-likeness (QED) is 0.814. The topological polar surface area (TPSA) is 49.9 Å². The summed E-state index contributed by atoms with van der Waals surface area (Å²) < 4.78 is 5.62. The van der Waals surface area contributed by atoms with Crippen molar-refractivity contribution in [1.82, 2.24) is 4.90 Å². The van der Waals surface area contributed by atoms with Crippen LogP contribution >= 0.6 is 0 Å². The average Bonchev–Trinajstić information content (AvgIpc) is 3.08. The molecule has 5 nitrogen and oxygen atoms in total. The lowest BCUT2D eigenvalue weighted by molar-refractivity contribution is -0.117.